The van der Waals surface area contributed by atoms with Gasteiger partial charge in [0.15, 0.2) is 9.84 Å². The summed E-state index contributed by atoms with van der Waals surface area (Å²) in [6.45, 7) is 3.23. The first-order chi connectivity index (χ1) is 13.9. The van der Waals surface area contributed by atoms with E-state index in [4.69, 9.17) is 4.74 Å². The quantitative estimate of drug-likeness (QED) is 0.761. The van der Waals surface area contributed by atoms with Crippen molar-refractivity contribution in [2.75, 3.05) is 40.9 Å². The zero-order chi connectivity index (χ0) is 20.6. The number of cyclic esters (lactones) is 1. The van der Waals surface area contributed by atoms with Crippen molar-refractivity contribution in [3.63, 3.8) is 0 Å². The van der Waals surface area contributed by atoms with E-state index in [1.54, 1.807) is 12.1 Å². The monoisotopic (exact) mass is 418 g/mol. The zero-order valence-electron chi connectivity index (χ0n) is 16.2. The molecule has 0 N–H and O–H groups in total. The minimum atomic E-state index is -2.96. The number of nitrogens with zero attached hydrogens (tertiary/aromatic N) is 2. The van der Waals surface area contributed by atoms with Gasteiger partial charge in [-0.15, -0.1) is 0 Å². The molecule has 0 saturated carbocycles. The van der Waals surface area contributed by atoms with E-state index >= 15 is 0 Å². The van der Waals surface area contributed by atoms with Crippen molar-refractivity contribution in [1.29, 1.82) is 0 Å². The molecule has 0 spiro atoms. The Morgan fingerprint density at radius 2 is 1.86 bits per heavy atom. The highest BCUT2D eigenvalue weighted by Crippen LogP contribution is 2.31. The molecule has 2 aromatic carbocycles. The van der Waals surface area contributed by atoms with E-state index in [1.807, 2.05) is 36.1 Å². The number of benzene rings is 2. The Morgan fingerprint density at radius 3 is 2.52 bits per heavy atom. The number of carbonyl (C=O) groups excluding carboxylic acids is 1. The Balaban J connectivity index is 1.57. The summed E-state index contributed by atoms with van der Waals surface area (Å²) in [5, 5.41) is 0. The molecular formula is C21H23FN2O4S. The lowest BCUT2D eigenvalue weighted by Gasteiger charge is -2.29. The highest BCUT2D eigenvalue weighted by atomic mass is 32.2. The maximum Gasteiger partial charge on any atom is 0.414 e. The summed E-state index contributed by atoms with van der Waals surface area (Å²) in [5.41, 5.74) is 2.48. The average molecular weight is 418 g/mol. The molecule has 0 aromatic heterocycles. The van der Waals surface area contributed by atoms with E-state index in [1.165, 1.54) is 11.0 Å². The first-order valence-electron chi connectivity index (χ1n) is 9.70. The molecule has 8 heteroatoms. The van der Waals surface area contributed by atoms with E-state index in [9.17, 15) is 17.6 Å². The molecule has 1 amide bonds. The summed E-state index contributed by atoms with van der Waals surface area (Å²) < 4.78 is 43.4. The molecule has 0 unspecified atom stereocenters. The van der Waals surface area contributed by atoms with Crippen LogP contribution in [0.3, 0.4) is 0 Å². The molecule has 2 aromatic rings. The zero-order valence-corrected chi connectivity index (χ0v) is 17.0. The van der Waals surface area contributed by atoms with Gasteiger partial charge < -0.3 is 9.64 Å². The molecule has 4 rings (SSSR count). The molecule has 2 aliphatic rings. The normalized spacial score (nSPS) is 21.3. The van der Waals surface area contributed by atoms with E-state index in [2.05, 4.69) is 0 Å². The van der Waals surface area contributed by atoms with Crippen LogP contribution in [0.4, 0.5) is 20.6 Å². The van der Waals surface area contributed by atoms with Crippen molar-refractivity contribution in [1.82, 2.24) is 0 Å². The van der Waals surface area contributed by atoms with Gasteiger partial charge in [0.1, 0.15) is 11.9 Å². The van der Waals surface area contributed by atoms with E-state index in [-0.39, 0.29) is 17.6 Å². The van der Waals surface area contributed by atoms with Crippen LogP contribution in [-0.4, -0.2) is 51.8 Å². The molecule has 1 atom stereocenters. The van der Waals surface area contributed by atoms with Crippen LogP contribution in [0.25, 0.3) is 11.1 Å². The lowest BCUT2D eigenvalue weighted by molar-refractivity contribution is 0.139. The molecule has 2 aliphatic heterocycles. The van der Waals surface area contributed by atoms with Gasteiger partial charge in [0.2, 0.25) is 0 Å². The number of ether oxygens (including phenoxy) is 1. The highest BCUT2D eigenvalue weighted by molar-refractivity contribution is 7.91. The number of sulfone groups is 1. The second-order valence-electron chi connectivity index (χ2n) is 7.38. The Hall–Kier alpha value is -2.61. The summed E-state index contributed by atoms with van der Waals surface area (Å²) >= 11 is 0. The first kappa shape index (κ1) is 19.7. The van der Waals surface area contributed by atoms with Gasteiger partial charge in [0.25, 0.3) is 0 Å². The third-order valence-electron chi connectivity index (χ3n) is 5.46. The van der Waals surface area contributed by atoms with Crippen molar-refractivity contribution >= 4 is 27.3 Å². The number of halogens is 1. The summed E-state index contributed by atoms with van der Waals surface area (Å²) in [5.74, 6) is -0.163. The smallest absolute Gasteiger partial charge is 0.414 e. The molecular weight excluding hydrogens is 395 g/mol. The van der Waals surface area contributed by atoms with Gasteiger partial charge in [-0.1, -0.05) is 19.1 Å². The second-order valence-corrected chi connectivity index (χ2v) is 9.68. The second kappa shape index (κ2) is 7.67. The van der Waals surface area contributed by atoms with Crippen LogP contribution >= 0.6 is 0 Å². The van der Waals surface area contributed by atoms with E-state index < -0.39 is 21.7 Å². The predicted octanol–water partition coefficient (Wildman–Crippen LogP) is 3.46. The van der Waals surface area contributed by atoms with Crippen molar-refractivity contribution < 1.29 is 22.3 Å². The number of anilines is 2. The fourth-order valence-electron chi connectivity index (χ4n) is 3.69. The lowest BCUT2D eigenvalue weighted by Crippen LogP contribution is -2.40. The molecule has 2 fully saturated rings. The van der Waals surface area contributed by atoms with Crippen LogP contribution in [0, 0.1) is 5.82 Å². The van der Waals surface area contributed by atoms with Crippen LogP contribution in [0.15, 0.2) is 42.5 Å². The minimum absolute atomic E-state index is 0.130. The molecule has 2 heterocycles. The highest BCUT2D eigenvalue weighted by Gasteiger charge is 2.31. The number of rotatable bonds is 4. The fraction of sp³-hybridized carbons (Fsp3) is 0.381. The van der Waals surface area contributed by atoms with Gasteiger partial charge in [0.05, 0.1) is 23.7 Å². The van der Waals surface area contributed by atoms with Gasteiger partial charge in [-0.2, -0.15) is 0 Å². The van der Waals surface area contributed by atoms with Crippen molar-refractivity contribution in [3.05, 3.63) is 48.3 Å². The molecule has 29 heavy (non-hydrogen) atoms. The fourth-order valence-corrected chi connectivity index (χ4v) is 4.89. The topological polar surface area (TPSA) is 66.9 Å². The Labute approximate surface area is 169 Å². The van der Waals surface area contributed by atoms with E-state index in [0.717, 1.165) is 5.69 Å². The van der Waals surface area contributed by atoms with Crippen LogP contribution in [0.5, 0.6) is 0 Å². The maximum absolute atomic E-state index is 14.9. The van der Waals surface area contributed by atoms with Gasteiger partial charge in [-0.3, -0.25) is 4.90 Å². The van der Waals surface area contributed by atoms with E-state index in [0.29, 0.717) is 42.9 Å². The van der Waals surface area contributed by atoms with Gasteiger partial charge >= 0.3 is 6.09 Å². The summed E-state index contributed by atoms with van der Waals surface area (Å²) in [6, 6.07) is 12.2. The molecule has 0 aliphatic carbocycles. The van der Waals surface area contributed by atoms with Crippen LogP contribution < -0.4 is 9.80 Å². The summed E-state index contributed by atoms with van der Waals surface area (Å²) in [7, 11) is -2.96. The summed E-state index contributed by atoms with van der Waals surface area (Å²) in [4.78, 5) is 15.5. The van der Waals surface area contributed by atoms with Gasteiger partial charge in [-0.05, 0) is 42.3 Å². The maximum atomic E-state index is 14.9. The molecule has 2 saturated heterocycles. The Kier molecular flexibility index (Phi) is 5.21. The van der Waals surface area contributed by atoms with Crippen molar-refractivity contribution in [3.8, 4) is 11.1 Å². The van der Waals surface area contributed by atoms with Gasteiger partial charge in [0, 0.05) is 24.3 Å². The third-order valence-corrected chi connectivity index (χ3v) is 7.07. The SMILES string of the molecule is CC[C@H]1CN(c2ccc(-c3cccc(N4CCS(=O)(=O)CC4)c3)c(F)c2)C(=O)O1. The van der Waals surface area contributed by atoms with Crippen LogP contribution in [0.1, 0.15) is 13.3 Å². The largest absolute Gasteiger partial charge is 0.444 e. The number of amides is 1. The number of hydrogen-bond donors (Lipinski definition) is 0. The average Bonchev–Trinajstić information content (AvgIpc) is 3.09. The number of carbonyl (C=O) groups is 1. The van der Waals surface area contributed by atoms with Crippen molar-refractivity contribution in [2.24, 2.45) is 0 Å². The molecule has 6 nitrogen and oxygen atoms in total. The lowest BCUT2D eigenvalue weighted by atomic mass is 10.0. The van der Waals surface area contributed by atoms with Crippen LogP contribution in [-0.2, 0) is 14.6 Å². The standard InChI is InChI=1S/C21H23FN2O4S/c1-2-18-14-24(21(25)28-18)17-6-7-19(20(22)13-17)15-4-3-5-16(12-15)23-8-10-29(26,27)11-9-23/h3-7,12-13,18H,2,8-11,14H2,1H3/t18-/m0/s1. The Morgan fingerprint density at radius 1 is 1.10 bits per heavy atom. The minimum Gasteiger partial charge on any atom is -0.444 e. The first-order valence-corrected chi connectivity index (χ1v) is 11.5. The van der Waals surface area contributed by atoms with Gasteiger partial charge in [-0.25, -0.2) is 17.6 Å². The predicted molar refractivity (Wildman–Crippen MR) is 111 cm³/mol. The third kappa shape index (κ3) is 4.07. The summed E-state index contributed by atoms with van der Waals surface area (Å²) in [6.07, 6.45) is 0.0919. The molecule has 0 radical (unpaired) electrons. The molecule has 154 valence electrons. The molecule has 0 bridgehead atoms. The van der Waals surface area contributed by atoms with Crippen molar-refractivity contribution in [2.45, 2.75) is 19.4 Å². The Bertz CT molecular complexity index is 1030. The number of hydrogen-bond acceptors (Lipinski definition) is 5. The van der Waals surface area contributed by atoms with Crippen LogP contribution in [0.2, 0.25) is 0 Å².